The van der Waals surface area contributed by atoms with Gasteiger partial charge in [-0.05, 0) is 31.0 Å². The Labute approximate surface area is 81.3 Å². The van der Waals surface area contributed by atoms with E-state index in [0.29, 0.717) is 0 Å². The Kier molecular flexibility index (Phi) is 2.22. The third kappa shape index (κ3) is 1.54. The number of amidine groups is 1. The van der Waals surface area contributed by atoms with E-state index in [0.717, 1.165) is 23.7 Å². The molecule has 0 radical (unpaired) electrons. The molecule has 2 heterocycles. The summed E-state index contributed by atoms with van der Waals surface area (Å²) < 4.78 is 4.27. The number of Topliss-reactive ketones (excluding diaryl/α,β-unsaturated/α-hetero) is 1. The minimum absolute atomic E-state index is 0.0793. The largest absolute Gasteiger partial charge is 0.331 e. The molecule has 0 aromatic heterocycles. The van der Waals surface area contributed by atoms with Gasteiger partial charge in [-0.15, -0.1) is 0 Å². The summed E-state index contributed by atoms with van der Waals surface area (Å²) in [6.45, 7) is 2.51. The number of hydrogen-bond acceptors (Lipinski definition) is 4. The zero-order valence-electron chi connectivity index (χ0n) is 7.36. The third-order valence-corrected chi connectivity index (χ3v) is 2.66. The lowest BCUT2D eigenvalue weighted by Crippen LogP contribution is -2.35. The molecule has 3 nitrogen and oxygen atoms in total. The molecule has 0 N–H and O–H groups in total. The normalized spacial score (nSPS) is 20.5. The Morgan fingerprint density at radius 2 is 2.54 bits per heavy atom. The first-order valence-corrected chi connectivity index (χ1v) is 5.09. The second kappa shape index (κ2) is 3.38. The van der Waals surface area contributed by atoms with Crippen LogP contribution in [0.5, 0.6) is 0 Å². The molecule has 2 aliphatic rings. The van der Waals surface area contributed by atoms with Crippen LogP contribution in [-0.4, -0.2) is 28.8 Å². The van der Waals surface area contributed by atoms with Crippen molar-refractivity contribution in [2.75, 3.05) is 12.3 Å². The van der Waals surface area contributed by atoms with Crippen molar-refractivity contribution in [1.29, 1.82) is 0 Å². The first-order chi connectivity index (χ1) is 6.29. The van der Waals surface area contributed by atoms with E-state index in [-0.39, 0.29) is 5.78 Å². The molecule has 0 aliphatic carbocycles. The number of carbonyl (C=O) groups excluding carboxylic acids is 1. The fourth-order valence-electron chi connectivity index (χ4n) is 1.35. The summed E-state index contributed by atoms with van der Waals surface area (Å²) in [7, 11) is 0. The Morgan fingerprint density at radius 1 is 1.69 bits per heavy atom. The van der Waals surface area contributed by atoms with Gasteiger partial charge in [-0.1, -0.05) is 0 Å². The maximum Gasteiger partial charge on any atom is 0.163 e. The molecular weight excluding hydrogens is 184 g/mol. The molecule has 0 amide bonds. The number of rotatable bonds is 1. The van der Waals surface area contributed by atoms with Crippen LogP contribution in [0.3, 0.4) is 0 Å². The molecular formula is C9H10N2OS. The van der Waals surface area contributed by atoms with Crippen molar-refractivity contribution in [2.45, 2.75) is 6.92 Å². The first-order valence-electron chi connectivity index (χ1n) is 4.15. The number of hydrogen-bond donors (Lipinski definition) is 0. The molecule has 0 bridgehead atoms. The third-order valence-electron chi connectivity index (χ3n) is 2.00. The molecule has 2 rings (SSSR count). The van der Waals surface area contributed by atoms with E-state index in [2.05, 4.69) is 4.40 Å². The first kappa shape index (κ1) is 8.56. The quantitative estimate of drug-likeness (QED) is 0.591. The van der Waals surface area contributed by atoms with Crippen molar-refractivity contribution in [3.8, 4) is 0 Å². The average Bonchev–Trinajstić information content (AvgIpc) is 2.17. The van der Waals surface area contributed by atoms with Crippen LogP contribution in [0.1, 0.15) is 6.92 Å². The molecule has 0 aromatic carbocycles. The van der Waals surface area contributed by atoms with E-state index < -0.39 is 0 Å². The predicted molar refractivity (Wildman–Crippen MR) is 54.5 cm³/mol. The molecule has 0 fully saturated rings. The molecule has 0 unspecified atom stereocenters. The van der Waals surface area contributed by atoms with Gasteiger partial charge in [0.2, 0.25) is 0 Å². The van der Waals surface area contributed by atoms with Gasteiger partial charge in [0.05, 0.1) is 5.57 Å². The van der Waals surface area contributed by atoms with E-state index in [9.17, 15) is 4.79 Å². The van der Waals surface area contributed by atoms with Crippen molar-refractivity contribution >= 4 is 23.6 Å². The lowest BCUT2D eigenvalue weighted by Gasteiger charge is -2.27. The molecule has 68 valence electrons. The van der Waals surface area contributed by atoms with Crippen LogP contribution in [0.15, 0.2) is 28.3 Å². The van der Waals surface area contributed by atoms with Gasteiger partial charge in [0.15, 0.2) is 11.6 Å². The van der Waals surface area contributed by atoms with Crippen molar-refractivity contribution < 1.29 is 4.79 Å². The van der Waals surface area contributed by atoms with Crippen molar-refractivity contribution in [3.63, 3.8) is 0 Å². The summed E-state index contributed by atoms with van der Waals surface area (Å²) in [6, 6.07) is 0. The second-order valence-corrected chi connectivity index (χ2v) is 3.77. The number of ketones is 1. The Bertz CT molecular complexity index is 331. The molecule has 0 saturated carbocycles. The lowest BCUT2D eigenvalue weighted by molar-refractivity contribution is -0.113. The SMILES string of the molecule is CC(=O)C1=CC=CN2CCSN=C12. The summed E-state index contributed by atoms with van der Waals surface area (Å²) in [5, 5.41) is 0. The van der Waals surface area contributed by atoms with E-state index in [1.54, 1.807) is 6.92 Å². The van der Waals surface area contributed by atoms with Gasteiger partial charge in [-0.25, -0.2) is 0 Å². The van der Waals surface area contributed by atoms with Gasteiger partial charge in [-0.3, -0.25) is 4.79 Å². The highest BCUT2D eigenvalue weighted by molar-refractivity contribution is 7.98. The van der Waals surface area contributed by atoms with E-state index >= 15 is 0 Å². The maximum atomic E-state index is 11.2. The average molecular weight is 194 g/mol. The molecule has 0 atom stereocenters. The highest BCUT2D eigenvalue weighted by Gasteiger charge is 2.22. The monoisotopic (exact) mass is 194 g/mol. The minimum atomic E-state index is 0.0793. The van der Waals surface area contributed by atoms with Gasteiger partial charge >= 0.3 is 0 Å². The lowest BCUT2D eigenvalue weighted by atomic mass is 10.1. The van der Waals surface area contributed by atoms with Gasteiger partial charge in [0.25, 0.3) is 0 Å². The van der Waals surface area contributed by atoms with E-state index in [1.807, 2.05) is 23.3 Å². The standard InChI is InChI=1S/C9H10N2OS/c1-7(12)8-3-2-4-11-5-6-13-10-9(8)11/h2-4H,5-6H2,1H3. The molecule has 4 heteroatoms. The smallest absolute Gasteiger partial charge is 0.163 e. The van der Waals surface area contributed by atoms with E-state index in [1.165, 1.54) is 11.9 Å². The van der Waals surface area contributed by atoms with Crippen LogP contribution in [0.2, 0.25) is 0 Å². The number of fused-ring (bicyclic) bond motifs is 1. The molecule has 2 aliphatic heterocycles. The van der Waals surface area contributed by atoms with Crippen LogP contribution < -0.4 is 0 Å². The maximum absolute atomic E-state index is 11.2. The van der Waals surface area contributed by atoms with Gasteiger partial charge < -0.3 is 4.90 Å². The fourth-order valence-corrected chi connectivity index (χ4v) is 2.04. The zero-order chi connectivity index (χ0) is 9.26. The predicted octanol–water partition coefficient (Wildman–Crippen LogP) is 1.39. The van der Waals surface area contributed by atoms with Gasteiger partial charge in [-0.2, -0.15) is 4.40 Å². The van der Waals surface area contributed by atoms with Crippen LogP contribution in [0.25, 0.3) is 0 Å². The number of nitrogens with zero attached hydrogens (tertiary/aromatic N) is 2. The molecule has 13 heavy (non-hydrogen) atoms. The Hall–Kier alpha value is -1.03. The Balaban J connectivity index is 2.37. The molecule has 0 saturated heterocycles. The highest BCUT2D eigenvalue weighted by Crippen LogP contribution is 2.20. The van der Waals surface area contributed by atoms with Crippen LogP contribution >= 0.6 is 11.9 Å². The van der Waals surface area contributed by atoms with Crippen molar-refractivity contribution in [2.24, 2.45) is 4.40 Å². The van der Waals surface area contributed by atoms with Crippen LogP contribution in [0.4, 0.5) is 0 Å². The van der Waals surface area contributed by atoms with Crippen LogP contribution in [0, 0.1) is 0 Å². The Morgan fingerprint density at radius 3 is 3.31 bits per heavy atom. The molecule has 0 spiro atoms. The van der Waals surface area contributed by atoms with Gasteiger partial charge in [0.1, 0.15) is 0 Å². The van der Waals surface area contributed by atoms with E-state index in [4.69, 9.17) is 0 Å². The molecule has 0 aromatic rings. The summed E-state index contributed by atoms with van der Waals surface area (Å²) in [4.78, 5) is 13.3. The van der Waals surface area contributed by atoms with Gasteiger partial charge in [0, 0.05) is 18.5 Å². The van der Waals surface area contributed by atoms with Crippen molar-refractivity contribution in [1.82, 2.24) is 4.90 Å². The minimum Gasteiger partial charge on any atom is -0.331 e. The summed E-state index contributed by atoms with van der Waals surface area (Å²) >= 11 is 1.52. The summed E-state index contributed by atoms with van der Waals surface area (Å²) in [6.07, 6.45) is 5.68. The second-order valence-electron chi connectivity index (χ2n) is 2.92. The summed E-state index contributed by atoms with van der Waals surface area (Å²) in [5.74, 6) is 1.88. The van der Waals surface area contributed by atoms with Crippen molar-refractivity contribution in [3.05, 3.63) is 23.9 Å². The topological polar surface area (TPSA) is 32.7 Å². The fraction of sp³-hybridized carbons (Fsp3) is 0.333. The zero-order valence-corrected chi connectivity index (χ0v) is 8.17. The number of carbonyl (C=O) groups is 1. The summed E-state index contributed by atoms with van der Waals surface area (Å²) in [5.41, 5.74) is 0.717. The number of allylic oxidation sites excluding steroid dienone is 2. The highest BCUT2D eigenvalue weighted by atomic mass is 32.2. The van der Waals surface area contributed by atoms with Crippen LogP contribution in [-0.2, 0) is 4.79 Å².